The van der Waals surface area contributed by atoms with Crippen LogP contribution in [0.5, 0.6) is 0 Å². The van der Waals surface area contributed by atoms with Crippen molar-refractivity contribution in [2.75, 3.05) is 0 Å². The van der Waals surface area contributed by atoms with Crippen molar-refractivity contribution in [3.63, 3.8) is 0 Å². The van der Waals surface area contributed by atoms with Crippen LogP contribution in [0.25, 0.3) is 0 Å². The Morgan fingerprint density at radius 1 is 1.88 bits per heavy atom. The highest BCUT2D eigenvalue weighted by atomic mass is 16.3. The molecule has 0 heterocycles. The van der Waals surface area contributed by atoms with E-state index < -0.39 is 5.60 Å². The second-order valence-electron chi connectivity index (χ2n) is 2.03. The lowest BCUT2D eigenvalue weighted by Crippen LogP contribution is -2.31. The van der Waals surface area contributed by atoms with E-state index in [9.17, 15) is 4.79 Å². The second-order valence-corrected chi connectivity index (χ2v) is 2.03. The Morgan fingerprint density at radius 2 is 2.25 bits per heavy atom. The monoisotopic (exact) mass is 112 g/mol. The quantitative estimate of drug-likeness (QED) is 0.507. The fourth-order valence-electron chi connectivity index (χ4n) is 0.144. The molecule has 2 nitrogen and oxygen atoms in total. The number of carbonyl (C=O) groups excluding carboxylic acids is 1. The molecule has 0 spiro atoms. The average molecular weight is 112 g/mol. The third-order valence-corrected chi connectivity index (χ3v) is 1.16. The number of ketones is 1. The van der Waals surface area contributed by atoms with E-state index in [0.29, 0.717) is 0 Å². The standard InChI is InChI=1S/C5H9BO2/c1-4(7)5(2,8)3-6/h8H,3H2,1-2H3/t5-/m0/s1. The van der Waals surface area contributed by atoms with E-state index in [4.69, 9.17) is 13.0 Å². The van der Waals surface area contributed by atoms with Gasteiger partial charge in [-0.15, -0.1) is 0 Å². The number of aliphatic hydroxyl groups is 1. The maximum absolute atomic E-state index is 10.4. The molecule has 44 valence electrons. The van der Waals surface area contributed by atoms with E-state index in [2.05, 4.69) is 0 Å². The van der Waals surface area contributed by atoms with Gasteiger partial charge in [-0.05, 0) is 13.8 Å². The van der Waals surface area contributed by atoms with Gasteiger partial charge in [0.2, 0.25) is 0 Å². The lowest BCUT2D eigenvalue weighted by molar-refractivity contribution is -0.131. The first kappa shape index (κ1) is 7.69. The summed E-state index contributed by atoms with van der Waals surface area (Å²) in [7, 11) is 5.04. The van der Waals surface area contributed by atoms with Crippen molar-refractivity contribution >= 4 is 13.6 Å². The van der Waals surface area contributed by atoms with Crippen LogP contribution in [-0.4, -0.2) is 24.3 Å². The summed E-state index contributed by atoms with van der Waals surface area (Å²) in [5.41, 5.74) is -1.32. The Labute approximate surface area is 50.3 Å². The van der Waals surface area contributed by atoms with Gasteiger partial charge in [-0.3, -0.25) is 4.79 Å². The van der Waals surface area contributed by atoms with Crippen LogP contribution in [0.2, 0.25) is 6.32 Å². The summed E-state index contributed by atoms with van der Waals surface area (Å²) in [5.74, 6) is -0.292. The highest BCUT2D eigenvalue weighted by Gasteiger charge is 2.22. The maximum atomic E-state index is 10.4. The first-order chi connectivity index (χ1) is 3.50. The van der Waals surface area contributed by atoms with Gasteiger partial charge in [-0.25, -0.2) is 0 Å². The lowest BCUT2D eigenvalue weighted by atomic mass is 9.86. The number of carbonyl (C=O) groups is 1. The van der Waals surface area contributed by atoms with Crippen LogP contribution in [0.4, 0.5) is 0 Å². The first-order valence-electron chi connectivity index (χ1n) is 2.44. The fourth-order valence-corrected chi connectivity index (χ4v) is 0.144. The topological polar surface area (TPSA) is 37.3 Å². The van der Waals surface area contributed by atoms with Crippen LogP contribution < -0.4 is 0 Å². The van der Waals surface area contributed by atoms with Crippen LogP contribution in [0, 0.1) is 0 Å². The molecule has 0 aliphatic heterocycles. The highest BCUT2D eigenvalue weighted by Crippen LogP contribution is 2.07. The molecule has 0 aromatic rings. The van der Waals surface area contributed by atoms with Crippen LogP contribution in [-0.2, 0) is 4.79 Å². The van der Waals surface area contributed by atoms with Gasteiger partial charge in [0.05, 0.1) is 7.85 Å². The summed E-state index contributed by atoms with van der Waals surface area (Å²) in [4.78, 5) is 10.4. The Balaban J connectivity index is 3.91. The van der Waals surface area contributed by atoms with Crippen molar-refractivity contribution < 1.29 is 9.90 Å². The van der Waals surface area contributed by atoms with Crippen LogP contribution in [0.1, 0.15) is 13.8 Å². The SMILES string of the molecule is [B]C[C@](C)(O)C(C)=O. The molecule has 0 fully saturated rings. The van der Waals surface area contributed by atoms with Gasteiger partial charge in [-0.2, -0.15) is 0 Å². The minimum absolute atomic E-state index is 0.0116. The molecule has 0 aliphatic rings. The minimum atomic E-state index is -1.32. The molecule has 0 aromatic heterocycles. The number of rotatable bonds is 2. The van der Waals surface area contributed by atoms with Crippen LogP contribution in [0.15, 0.2) is 0 Å². The lowest BCUT2D eigenvalue weighted by Gasteiger charge is -2.16. The third kappa shape index (κ3) is 1.66. The molecule has 1 atom stereocenters. The van der Waals surface area contributed by atoms with Crippen LogP contribution in [0.3, 0.4) is 0 Å². The molecular weight excluding hydrogens is 103 g/mol. The van der Waals surface area contributed by atoms with Crippen molar-refractivity contribution in [3.8, 4) is 0 Å². The molecule has 0 aromatic carbocycles. The predicted octanol–water partition coefficient (Wildman–Crippen LogP) is -0.0868. The predicted molar refractivity (Wildman–Crippen MR) is 31.9 cm³/mol. The molecule has 8 heavy (non-hydrogen) atoms. The Hall–Kier alpha value is -0.305. The van der Waals surface area contributed by atoms with E-state index >= 15 is 0 Å². The van der Waals surface area contributed by atoms with Gasteiger partial charge in [-0.1, -0.05) is 6.32 Å². The van der Waals surface area contributed by atoms with Gasteiger partial charge >= 0.3 is 0 Å². The zero-order valence-electron chi connectivity index (χ0n) is 5.14. The summed E-state index contributed by atoms with van der Waals surface area (Å²) >= 11 is 0. The van der Waals surface area contributed by atoms with Gasteiger partial charge < -0.3 is 5.11 Å². The number of Topliss-reactive ketones (excluding diaryl/α,β-unsaturated/α-hetero) is 1. The van der Waals surface area contributed by atoms with Gasteiger partial charge in [0.15, 0.2) is 5.78 Å². The van der Waals surface area contributed by atoms with E-state index in [-0.39, 0.29) is 12.1 Å². The number of hydrogen-bond donors (Lipinski definition) is 1. The van der Waals surface area contributed by atoms with Crippen molar-refractivity contribution in [2.45, 2.75) is 25.8 Å². The molecule has 0 aliphatic carbocycles. The van der Waals surface area contributed by atoms with Crippen molar-refractivity contribution in [1.29, 1.82) is 0 Å². The molecule has 1 N–H and O–H groups in total. The minimum Gasteiger partial charge on any atom is -0.383 e. The summed E-state index contributed by atoms with van der Waals surface area (Å²) < 4.78 is 0. The summed E-state index contributed by atoms with van der Waals surface area (Å²) in [6.07, 6.45) is -0.0116. The Kier molecular flexibility index (Phi) is 2.22. The molecule has 0 rings (SSSR count). The Morgan fingerprint density at radius 3 is 2.25 bits per heavy atom. The summed E-state index contributed by atoms with van der Waals surface area (Å²) in [6.45, 7) is 2.71. The second kappa shape index (κ2) is 2.31. The average Bonchev–Trinajstić information content (AvgIpc) is 1.67. The maximum Gasteiger partial charge on any atom is 0.160 e. The Bertz CT molecular complexity index is 98.6. The fraction of sp³-hybridized carbons (Fsp3) is 0.800. The largest absolute Gasteiger partial charge is 0.383 e. The molecule has 0 saturated carbocycles. The van der Waals surface area contributed by atoms with E-state index in [1.807, 2.05) is 0 Å². The van der Waals surface area contributed by atoms with Crippen molar-refractivity contribution in [1.82, 2.24) is 0 Å². The molecule has 0 unspecified atom stereocenters. The number of hydrogen-bond acceptors (Lipinski definition) is 2. The molecule has 2 radical (unpaired) electrons. The van der Waals surface area contributed by atoms with E-state index in [0.717, 1.165) is 0 Å². The molecule has 0 bridgehead atoms. The third-order valence-electron chi connectivity index (χ3n) is 1.16. The zero-order valence-corrected chi connectivity index (χ0v) is 5.14. The van der Waals surface area contributed by atoms with Gasteiger partial charge in [0.1, 0.15) is 5.60 Å². The van der Waals surface area contributed by atoms with Crippen molar-refractivity contribution in [3.05, 3.63) is 0 Å². The van der Waals surface area contributed by atoms with Gasteiger partial charge in [0.25, 0.3) is 0 Å². The summed E-state index contributed by atoms with van der Waals surface area (Å²) in [6, 6.07) is 0. The molecule has 0 amide bonds. The van der Waals surface area contributed by atoms with E-state index in [1.165, 1.54) is 13.8 Å². The van der Waals surface area contributed by atoms with Gasteiger partial charge in [0, 0.05) is 0 Å². The molecule has 3 heteroatoms. The summed E-state index contributed by atoms with van der Waals surface area (Å²) in [5, 5.41) is 8.93. The smallest absolute Gasteiger partial charge is 0.160 e. The van der Waals surface area contributed by atoms with E-state index in [1.54, 1.807) is 0 Å². The molecule has 0 saturated heterocycles. The molecular formula is C5H9BO2. The first-order valence-corrected chi connectivity index (χ1v) is 2.44. The zero-order chi connectivity index (χ0) is 6.78. The van der Waals surface area contributed by atoms with Crippen LogP contribution >= 0.6 is 0 Å². The van der Waals surface area contributed by atoms with Crippen molar-refractivity contribution in [2.24, 2.45) is 0 Å². The highest BCUT2D eigenvalue weighted by molar-refractivity contribution is 6.11. The normalized spacial score (nSPS) is 17.4.